The number of aryl methyl sites for hydroxylation is 4. The van der Waals surface area contributed by atoms with Crippen molar-refractivity contribution >= 4 is 5.78 Å². The van der Waals surface area contributed by atoms with Crippen molar-refractivity contribution in [3.63, 3.8) is 0 Å². The van der Waals surface area contributed by atoms with Crippen LogP contribution in [0.25, 0.3) is 0 Å². The molecule has 0 aliphatic heterocycles. The van der Waals surface area contributed by atoms with Gasteiger partial charge >= 0.3 is 0 Å². The molecule has 25 heavy (non-hydrogen) atoms. The Bertz CT molecular complexity index is 909. The van der Waals surface area contributed by atoms with E-state index in [1.807, 2.05) is 30.3 Å². The summed E-state index contributed by atoms with van der Waals surface area (Å²) in [5.41, 5.74) is 5.35. The molecule has 0 amide bonds. The van der Waals surface area contributed by atoms with Crippen LogP contribution < -0.4 is 0 Å². The molecule has 0 saturated carbocycles. The molecule has 0 unspecified atom stereocenters. The number of carbonyl (C=O) groups is 1. The van der Waals surface area contributed by atoms with E-state index in [2.05, 4.69) is 24.3 Å². The minimum Gasteiger partial charge on any atom is -0.507 e. The molecular formula is C23H20O2. The largest absolute Gasteiger partial charge is 0.507 e. The first-order valence-electron chi connectivity index (χ1n) is 8.73. The SMILES string of the molecule is O=C(c1ccccc1)c1c2ccc(c1O)CCc1ccc(cc1)CC2. The van der Waals surface area contributed by atoms with E-state index >= 15 is 0 Å². The summed E-state index contributed by atoms with van der Waals surface area (Å²) in [6, 6.07) is 21.9. The molecule has 0 heterocycles. The van der Waals surface area contributed by atoms with Gasteiger partial charge in [-0.3, -0.25) is 4.79 Å². The first-order valence-corrected chi connectivity index (χ1v) is 8.73. The number of aromatic hydroxyl groups is 1. The molecule has 0 radical (unpaired) electrons. The van der Waals surface area contributed by atoms with Gasteiger partial charge in [0.2, 0.25) is 0 Å². The van der Waals surface area contributed by atoms with Crippen LogP contribution >= 0.6 is 0 Å². The summed E-state index contributed by atoms with van der Waals surface area (Å²) in [4.78, 5) is 13.1. The van der Waals surface area contributed by atoms with Gasteiger partial charge in [-0.1, -0.05) is 66.7 Å². The molecular weight excluding hydrogens is 308 g/mol. The number of ketones is 1. The zero-order valence-corrected chi connectivity index (χ0v) is 14.0. The van der Waals surface area contributed by atoms with E-state index in [0.717, 1.165) is 36.8 Å². The number of hydrogen-bond donors (Lipinski definition) is 1. The Hall–Kier alpha value is -2.87. The van der Waals surface area contributed by atoms with Gasteiger partial charge in [-0.2, -0.15) is 0 Å². The van der Waals surface area contributed by atoms with Crippen molar-refractivity contribution in [3.05, 3.63) is 100 Å². The lowest BCUT2D eigenvalue weighted by molar-refractivity contribution is 0.103. The Morgan fingerprint density at radius 3 is 1.88 bits per heavy atom. The first-order chi connectivity index (χ1) is 12.2. The smallest absolute Gasteiger partial charge is 0.197 e. The number of phenols is 1. The predicted molar refractivity (Wildman–Crippen MR) is 99.2 cm³/mol. The standard InChI is InChI=1S/C23H20O2/c24-22(19-4-2-1-3-5-19)21-18-12-10-16-6-8-17(9-7-16)11-13-20(15-14-18)23(21)25/h1-9,14-15,25H,10-13H2. The predicted octanol–water partition coefficient (Wildman–Crippen LogP) is 4.51. The summed E-state index contributed by atoms with van der Waals surface area (Å²) < 4.78 is 0. The molecule has 3 aromatic rings. The van der Waals surface area contributed by atoms with Crippen LogP contribution in [0.2, 0.25) is 0 Å². The highest BCUT2D eigenvalue weighted by atomic mass is 16.3. The van der Waals surface area contributed by atoms with Gasteiger partial charge in [-0.25, -0.2) is 0 Å². The van der Waals surface area contributed by atoms with Gasteiger partial charge in [-0.15, -0.1) is 0 Å². The summed E-state index contributed by atoms with van der Waals surface area (Å²) in [6.45, 7) is 0. The lowest BCUT2D eigenvalue weighted by Gasteiger charge is -2.16. The summed E-state index contributed by atoms with van der Waals surface area (Å²) in [5, 5.41) is 10.8. The first kappa shape index (κ1) is 15.6. The zero-order chi connectivity index (χ0) is 17.2. The molecule has 2 nitrogen and oxygen atoms in total. The number of benzene rings is 3. The topological polar surface area (TPSA) is 37.3 Å². The van der Waals surface area contributed by atoms with Gasteiger partial charge in [0.1, 0.15) is 5.75 Å². The van der Waals surface area contributed by atoms with Crippen LogP contribution in [-0.4, -0.2) is 10.9 Å². The number of hydrogen-bond acceptors (Lipinski definition) is 2. The van der Waals surface area contributed by atoms with Gasteiger partial charge in [0.15, 0.2) is 5.78 Å². The fourth-order valence-electron chi connectivity index (χ4n) is 3.50. The van der Waals surface area contributed by atoms with Gasteiger partial charge in [-0.05, 0) is 47.9 Å². The molecule has 0 spiro atoms. The normalized spacial score (nSPS) is 13.3. The monoisotopic (exact) mass is 328 g/mol. The second-order valence-corrected chi connectivity index (χ2v) is 6.62. The third-order valence-corrected chi connectivity index (χ3v) is 5.00. The fraction of sp³-hybridized carbons (Fsp3) is 0.174. The molecule has 4 aliphatic carbocycles. The van der Waals surface area contributed by atoms with Crippen molar-refractivity contribution in [3.8, 4) is 5.75 Å². The van der Waals surface area contributed by atoms with Crippen molar-refractivity contribution in [2.45, 2.75) is 25.7 Å². The lowest BCUT2D eigenvalue weighted by Crippen LogP contribution is -2.09. The van der Waals surface area contributed by atoms with Crippen molar-refractivity contribution in [2.24, 2.45) is 0 Å². The highest BCUT2D eigenvalue weighted by Crippen LogP contribution is 2.31. The molecule has 2 heteroatoms. The van der Waals surface area contributed by atoms with Crippen molar-refractivity contribution in [1.29, 1.82) is 0 Å². The van der Waals surface area contributed by atoms with E-state index in [-0.39, 0.29) is 11.5 Å². The third kappa shape index (κ3) is 3.08. The van der Waals surface area contributed by atoms with Gasteiger partial charge in [0.05, 0.1) is 5.56 Å². The average molecular weight is 328 g/mol. The molecule has 0 fully saturated rings. The second kappa shape index (κ2) is 6.56. The van der Waals surface area contributed by atoms with Crippen LogP contribution in [0.1, 0.15) is 38.2 Å². The molecule has 3 aromatic carbocycles. The summed E-state index contributed by atoms with van der Waals surface area (Å²) in [5.74, 6) is 0.0577. The van der Waals surface area contributed by atoms with Crippen LogP contribution in [0.15, 0.2) is 66.7 Å². The van der Waals surface area contributed by atoms with E-state index in [0.29, 0.717) is 11.1 Å². The van der Waals surface area contributed by atoms with E-state index in [1.54, 1.807) is 12.1 Å². The summed E-state index contributed by atoms with van der Waals surface area (Å²) in [7, 11) is 0. The fourth-order valence-corrected chi connectivity index (χ4v) is 3.50. The van der Waals surface area contributed by atoms with Gasteiger partial charge in [0, 0.05) is 5.56 Å². The van der Waals surface area contributed by atoms with Crippen molar-refractivity contribution in [2.75, 3.05) is 0 Å². The molecule has 7 rings (SSSR count). The van der Waals surface area contributed by atoms with Gasteiger partial charge < -0.3 is 5.11 Å². The van der Waals surface area contributed by atoms with Gasteiger partial charge in [0.25, 0.3) is 0 Å². The molecule has 4 aliphatic rings. The highest BCUT2D eigenvalue weighted by molar-refractivity contribution is 6.11. The molecule has 1 N–H and O–H groups in total. The summed E-state index contributed by atoms with van der Waals surface area (Å²) in [6.07, 6.45) is 3.17. The van der Waals surface area contributed by atoms with Crippen LogP contribution in [0.5, 0.6) is 5.75 Å². The van der Waals surface area contributed by atoms with Crippen molar-refractivity contribution in [1.82, 2.24) is 0 Å². The molecule has 0 aromatic heterocycles. The Morgan fingerprint density at radius 1 is 0.680 bits per heavy atom. The lowest BCUT2D eigenvalue weighted by atomic mass is 9.89. The summed E-state index contributed by atoms with van der Waals surface area (Å²) >= 11 is 0. The molecule has 0 saturated heterocycles. The maximum atomic E-state index is 13.1. The zero-order valence-electron chi connectivity index (χ0n) is 14.0. The van der Waals surface area contributed by atoms with E-state index in [4.69, 9.17) is 0 Å². The van der Waals surface area contributed by atoms with Crippen LogP contribution in [-0.2, 0) is 25.7 Å². The number of rotatable bonds is 2. The quantitative estimate of drug-likeness (QED) is 0.703. The van der Waals surface area contributed by atoms with Crippen LogP contribution in [0, 0.1) is 0 Å². The van der Waals surface area contributed by atoms with E-state index in [9.17, 15) is 9.90 Å². The highest BCUT2D eigenvalue weighted by Gasteiger charge is 2.21. The van der Waals surface area contributed by atoms with Crippen LogP contribution in [0.4, 0.5) is 0 Å². The maximum Gasteiger partial charge on any atom is 0.197 e. The third-order valence-electron chi connectivity index (χ3n) is 5.00. The Balaban J connectivity index is 1.81. The van der Waals surface area contributed by atoms with E-state index < -0.39 is 0 Å². The Labute approximate surface area is 147 Å². The Kier molecular flexibility index (Phi) is 4.10. The second-order valence-electron chi connectivity index (χ2n) is 6.62. The average Bonchev–Trinajstić information content (AvgIpc) is 2.65. The van der Waals surface area contributed by atoms with Crippen LogP contribution in [0.3, 0.4) is 0 Å². The molecule has 4 bridgehead atoms. The van der Waals surface area contributed by atoms with E-state index in [1.165, 1.54) is 11.1 Å². The molecule has 124 valence electrons. The minimum atomic E-state index is -0.0964. The number of carbonyl (C=O) groups excluding carboxylic acids is 1. The minimum absolute atomic E-state index is 0.0964. The molecule has 0 atom stereocenters. The van der Waals surface area contributed by atoms with Crippen molar-refractivity contribution < 1.29 is 9.90 Å². The maximum absolute atomic E-state index is 13.1. The number of phenolic OH excluding ortho intramolecular Hbond substituents is 1. The Morgan fingerprint density at radius 2 is 1.24 bits per heavy atom.